The third-order valence-corrected chi connectivity index (χ3v) is 5.87. The molecule has 8 heteroatoms. The van der Waals surface area contributed by atoms with Crippen molar-refractivity contribution in [2.24, 2.45) is 5.73 Å². The summed E-state index contributed by atoms with van der Waals surface area (Å²) in [5.74, 6) is 0. The molecule has 0 spiro atoms. The molecule has 2 aromatic rings. The van der Waals surface area contributed by atoms with Gasteiger partial charge in [0, 0.05) is 15.5 Å². The van der Waals surface area contributed by atoms with Crippen molar-refractivity contribution in [2.75, 3.05) is 4.72 Å². The first-order valence-electron chi connectivity index (χ1n) is 5.80. The van der Waals surface area contributed by atoms with Crippen LogP contribution in [0.5, 0.6) is 0 Å². The van der Waals surface area contributed by atoms with Gasteiger partial charge in [0.15, 0.2) is 0 Å². The van der Waals surface area contributed by atoms with E-state index in [9.17, 15) is 8.42 Å². The number of benzene rings is 2. The molecule has 0 heterocycles. The van der Waals surface area contributed by atoms with Crippen LogP contribution in [0, 0.1) is 0 Å². The lowest BCUT2D eigenvalue weighted by Gasteiger charge is -2.13. The molecule has 0 aliphatic heterocycles. The lowest BCUT2D eigenvalue weighted by Crippen LogP contribution is -2.15. The summed E-state index contributed by atoms with van der Waals surface area (Å²) in [6, 6.07) is 9.94. The smallest absolute Gasteiger partial charge is 0.263 e. The third kappa shape index (κ3) is 3.78. The summed E-state index contributed by atoms with van der Waals surface area (Å²) in [7, 11) is -3.82. The lowest BCUT2D eigenvalue weighted by atomic mass is 10.2. The Morgan fingerprint density at radius 1 is 1.14 bits per heavy atom. The van der Waals surface area contributed by atoms with Gasteiger partial charge in [-0.25, -0.2) is 8.42 Å². The van der Waals surface area contributed by atoms with E-state index in [2.05, 4.69) is 36.6 Å². The van der Waals surface area contributed by atoms with Crippen molar-refractivity contribution >= 4 is 59.2 Å². The zero-order chi connectivity index (χ0) is 15.6. The topological polar surface area (TPSA) is 72.2 Å². The molecular weight excluding hydrogens is 443 g/mol. The molecule has 0 aliphatic carbocycles. The van der Waals surface area contributed by atoms with Crippen LogP contribution >= 0.6 is 43.5 Å². The predicted octanol–water partition coefficient (Wildman–Crippen LogP) is 4.12. The van der Waals surface area contributed by atoms with E-state index in [1.165, 1.54) is 12.1 Å². The Balaban J connectivity index is 2.48. The fraction of sp³-hybridized carbons (Fsp3) is 0.0769. The normalized spacial score (nSPS) is 11.4. The Hall–Kier alpha value is -0.600. The Morgan fingerprint density at radius 3 is 2.33 bits per heavy atom. The minimum atomic E-state index is -3.82. The standard InChI is InChI=1S/C13H11Br2ClN2O2S/c14-9-2-1-3-10(15)13(9)18-21(19,20)12-6-8(7-17)4-5-11(12)16/h1-6,18H,7,17H2. The largest absolute Gasteiger partial charge is 0.326 e. The van der Waals surface area contributed by atoms with Crippen LogP contribution in [0.1, 0.15) is 5.56 Å². The van der Waals surface area contributed by atoms with Gasteiger partial charge in [0.1, 0.15) is 4.90 Å². The quantitative estimate of drug-likeness (QED) is 0.730. The Bertz CT molecular complexity index is 761. The monoisotopic (exact) mass is 452 g/mol. The number of sulfonamides is 1. The van der Waals surface area contributed by atoms with Gasteiger partial charge in [0.25, 0.3) is 10.0 Å². The van der Waals surface area contributed by atoms with Crippen LogP contribution in [0.25, 0.3) is 0 Å². The van der Waals surface area contributed by atoms with Crippen LogP contribution in [0.4, 0.5) is 5.69 Å². The maximum Gasteiger partial charge on any atom is 0.263 e. The predicted molar refractivity (Wildman–Crippen MR) is 92.0 cm³/mol. The molecule has 0 aromatic heterocycles. The number of nitrogens with two attached hydrogens (primary N) is 1. The van der Waals surface area contributed by atoms with Crippen molar-refractivity contribution in [1.82, 2.24) is 0 Å². The first-order chi connectivity index (χ1) is 9.85. The van der Waals surface area contributed by atoms with Gasteiger partial charge in [-0.1, -0.05) is 23.7 Å². The van der Waals surface area contributed by atoms with E-state index < -0.39 is 10.0 Å². The van der Waals surface area contributed by atoms with Crippen molar-refractivity contribution in [3.8, 4) is 0 Å². The van der Waals surface area contributed by atoms with Gasteiger partial charge in [-0.2, -0.15) is 0 Å². The van der Waals surface area contributed by atoms with Gasteiger partial charge >= 0.3 is 0 Å². The molecule has 0 fully saturated rings. The van der Waals surface area contributed by atoms with E-state index in [1.54, 1.807) is 24.3 Å². The highest BCUT2D eigenvalue weighted by atomic mass is 79.9. The van der Waals surface area contributed by atoms with E-state index in [0.717, 1.165) is 0 Å². The SMILES string of the molecule is NCc1ccc(Cl)c(S(=O)(=O)Nc2c(Br)cccc2Br)c1. The molecule has 0 radical (unpaired) electrons. The average Bonchev–Trinajstić information content (AvgIpc) is 2.43. The molecule has 3 N–H and O–H groups in total. The van der Waals surface area contributed by atoms with E-state index in [-0.39, 0.29) is 16.5 Å². The van der Waals surface area contributed by atoms with Crippen LogP contribution < -0.4 is 10.5 Å². The molecule has 0 saturated carbocycles. The zero-order valence-corrected chi connectivity index (χ0v) is 15.4. The summed E-state index contributed by atoms with van der Waals surface area (Å²) in [4.78, 5) is -0.00484. The third-order valence-electron chi connectivity index (χ3n) is 2.72. The minimum absolute atomic E-state index is 0.00484. The van der Waals surface area contributed by atoms with Crippen molar-refractivity contribution in [2.45, 2.75) is 11.4 Å². The van der Waals surface area contributed by atoms with Crippen LogP contribution in [0.2, 0.25) is 5.02 Å². The zero-order valence-electron chi connectivity index (χ0n) is 10.6. The van der Waals surface area contributed by atoms with Gasteiger partial charge in [-0.3, -0.25) is 4.72 Å². The number of anilines is 1. The van der Waals surface area contributed by atoms with Gasteiger partial charge < -0.3 is 5.73 Å². The van der Waals surface area contributed by atoms with E-state index >= 15 is 0 Å². The number of hydrogen-bond donors (Lipinski definition) is 2. The summed E-state index contributed by atoms with van der Waals surface area (Å²) < 4.78 is 28.8. The minimum Gasteiger partial charge on any atom is -0.326 e. The molecular formula is C13H11Br2ClN2O2S. The Labute approximate surface area is 145 Å². The Kier molecular flexibility index (Phi) is 5.32. The highest BCUT2D eigenvalue weighted by molar-refractivity contribution is 9.11. The second kappa shape index (κ2) is 6.66. The second-order valence-corrected chi connectivity index (χ2v) is 7.94. The summed E-state index contributed by atoms with van der Waals surface area (Å²) >= 11 is 12.6. The van der Waals surface area contributed by atoms with Gasteiger partial charge in [-0.05, 0) is 61.7 Å². The first-order valence-corrected chi connectivity index (χ1v) is 9.25. The molecule has 0 aliphatic rings. The maximum absolute atomic E-state index is 12.5. The van der Waals surface area contributed by atoms with Gasteiger partial charge in [-0.15, -0.1) is 0 Å². The molecule has 4 nitrogen and oxygen atoms in total. The molecule has 21 heavy (non-hydrogen) atoms. The maximum atomic E-state index is 12.5. The van der Waals surface area contributed by atoms with Crippen molar-refractivity contribution in [3.63, 3.8) is 0 Å². The van der Waals surface area contributed by atoms with Crippen LogP contribution in [0.3, 0.4) is 0 Å². The fourth-order valence-corrected chi connectivity index (χ4v) is 4.78. The molecule has 0 atom stereocenters. The number of halogens is 3. The average molecular weight is 455 g/mol. The molecule has 0 saturated heterocycles. The molecule has 2 rings (SSSR count). The summed E-state index contributed by atoms with van der Waals surface area (Å²) in [6.45, 7) is 0.235. The van der Waals surface area contributed by atoms with Crippen molar-refractivity contribution in [3.05, 3.63) is 55.9 Å². The fourth-order valence-electron chi connectivity index (χ4n) is 1.67. The molecule has 0 unspecified atom stereocenters. The number of rotatable bonds is 4. The molecule has 112 valence electrons. The second-order valence-electron chi connectivity index (χ2n) is 4.17. The number of nitrogens with one attached hydrogen (secondary N) is 1. The van der Waals surface area contributed by atoms with Crippen molar-refractivity contribution < 1.29 is 8.42 Å². The summed E-state index contributed by atoms with van der Waals surface area (Å²) in [5.41, 5.74) is 6.63. The number of para-hydroxylation sites is 1. The number of hydrogen-bond acceptors (Lipinski definition) is 3. The highest BCUT2D eigenvalue weighted by Crippen LogP contribution is 2.33. The van der Waals surface area contributed by atoms with E-state index in [0.29, 0.717) is 20.2 Å². The summed E-state index contributed by atoms with van der Waals surface area (Å²) in [6.07, 6.45) is 0. The van der Waals surface area contributed by atoms with E-state index in [4.69, 9.17) is 17.3 Å². The van der Waals surface area contributed by atoms with Crippen LogP contribution in [-0.4, -0.2) is 8.42 Å². The lowest BCUT2D eigenvalue weighted by molar-refractivity contribution is 0.601. The molecule has 0 amide bonds. The van der Waals surface area contributed by atoms with Gasteiger partial charge in [0.2, 0.25) is 0 Å². The van der Waals surface area contributed by atoms with Crippen LogP contribution in [-0.2, 0) is 16.6 Å². The summed E-state index contributed by atoms with van der Waals surface area (Å²) in [5, 5.41) is 0.142. The molecule has 2 aromatic carbocycles. The van der Waals surface area contributed by atoms with Crippen molar-refractivity contribution in [1.29, 1.82) is 0 Å². The van der Waals surface area contributed by atoms with Gasteiger partial charge in [0.05, 0.1) is 10.7 Å². The molecule has 0 bridgehead atoms. The van der Waals surface area contributed by atoms with Crippen LogP contribution in [0.15, 0.2) is 50.2 Å². The van der Waals surface area contributed by atoms with E-state index in [1.807, 2.05) is 0 Å². The first kappa shape index (κ1) is 16.8. The Morgan fingerprint density at radius 2 is 1.76 bits per heavy atom. The highest BCUT2D eigenvalue weighted by Gasteiger charge is 2.20.